The summed E-state index contributed by atoms with van der Waals surface area (Å²) in [6.45, 7) is 0. The third kappa shape index (κ3) is 1.92. The van der Waals surface area contributed by atoms with Crippen molar-refractivity contribution in [3.05, 3.63) is 60.7 Å². The highest BCUT2D eigenvalue weighted by Crippen LogP contribution is 2.32. The highest BCUT2D eigenvalue weighted by atomic mass is 16.4. The lowest BCUT2D eigenvalue weighted by molar-refractivity contribution is 0.172. The summed E-state index contributed by atoms with van der Waals surface area (Å²) in [5.74, 6) is 0. The Hall–Kier alpha value is -2.13. The molecule has 2 rings (SSSR count). The Labute approximate surface area is 100 Å². The van der Waals surface area contributed by atoms with Crippen LogP contribution >= 0.6 is 0 Å². The average molecular weight is 228 g/mol. The van der Waals surface area contributed by atoms with Crippen molar-refractivity contribution in [1.82, 2.24) is 4.48 Å². The first-order chi connectivity index (χ1) is 8.15. The largest absolute Gasteiger partial charge is 0.523 e. The Balaban J connectivity index is 2.59. The maximum absolute atomic E-state index is 11.6. The molecule has 0 radical (unpaired) electrons. The first-order valence-electron chi connectivity index (χ1n) is 5.37. The number of amides is 1. The fourth-order valence-electron chi connectivity index (χ4n) is 1.82. The fraction of sp³-hybridized carbons (Fsp3) is 0.0714. The molecule has 0 unspecified atom stereocenters. The molecule has 3 heteroatoms. The van der Waals surface area contributed by atoms with Crippen LogP contribution < -0.4 is 4.48 Å². The second kappa shape index (κ2) is 4.39. The molecule has 0 aliphatic rings. The molecule has 17 heavy (non-hydrogen) atoms. The van der Waals surface area contributed by atoms with E-state index in [4.69, 9.17) is 0 Å². The van der Waals surface area contributed by atoms with Gasteiger partial charge in [0, 0.05) is 24.3 Å². The molecule has 1 N–H and O–H groups in total. The fourth-order valence-corrected chi connectivity index (χ4v) is 1.82. The van der Waals surface area contributed by atoms with Crippen LogP contribution in [0.4, 0.5) is 16.2 Å². The van der Waals surface area contributed by atoms with Gasteiger partial charge in [0.25, 0.3) is 0 Å². The molecule has 3 nitrogen and oxygen atoms in total. The van der Waals surface area contributed by atoms with E-state index in [1.165, 1.54) is 0 Å². The Morgan fingerprint density at radius 1 is 0.882 bits per heavy atom. The molecule has 0 heterocycles. The van der Waals surface area contributed by atoms with Crippen molar-refractivity contribution in [3.8, 4) is 0 Å². The van der Waals surface area contributed by atoms with Gasteiger partial charge < -0.3 is 5.11 Å². The molecule has 0 aliphatic heterocycles. The number of carboxylic acid groups (broad SMARTS) is 1. The van der Waals surface area contributed by atoms with E-state index in [-0.39, 0.29) is 4.48 Å². The van der Waals surface area contributed by atoms with Gasteiger partial charge >= 0.3 is 6.09 Å². The second-order valence-electron chi connectivity index (χ2n) is 3.96. The highest BCUT2D eigenvalue weighted by Gasteiger charge is 2.36. The number of carbonyl (C=O) groups is 1. The van der Waals surface area contributed by atoms with Crippen molar-refractivity contribution in [2.24, 2.45) is 0 Å². The number of para-hydroxylation sites is 2. The summed E-state index contributed by atoms with van der Waals surface area (Å²) in [5.41, 5.74) is 1.46. The van der Waals surface area contributed by atoms with E-state index in [1.807, 2.05) is 60.7 Å². The van der Waals surface area contributed by atoms with Crippen molar-refractivity contribution in [2.75, 3.05) is 7.05 Å². The van der Waals surface area contributed by atoms with Crippen LogP contribution in [0, 0.1) is 0 Å². The van der Waals surface area contributed by atoms with Crippen molar-refractivity contribution in [3.63, 3.8) is 0 Å². The molecule has 86 valence electrons. The van der Waals surface area contributed by atoms with Crippen molar-refractivity contribution < 1.29 is 9.90 Å². The van der Waals surface area contributed by atoms with Gasteiger partial charge in [0.15, 0.2) is 0 Å². The molecule has 0 spiro atoms. The molecule has 0 aliphatic carbocycles. The lowest BCUT2D eigenvalue weighted by atomic mass is 10.2. The van der Waals surface area contributed by atoms with E-state index in [0.29, 0.717) is 0 Å². The molecule has 0 atom stereocenters. The molecule has 1 amide bonds. The standard InChI is InChI=1S/C14H13NO2/c1-15(14(16)17,12-8-4-2-5-9-12)13-10-6-3-7-11-13/h2-11H,1H3/p+1. The average Bonchev–Trinajstić information content (AvgIpc) is 2.39. The predicted molar refractivity (Wildman–Crippen MR) is 68.3 cm³/mol. The zero-order chi connectivity index (χ0) is 12.3. The quantitative estimate of drug-likeness (QED) is 0.797. The topological polar surface area (TPSA) is 37.3 Å². The second-order valence-corrected chi connectivity index (χ2v) is 3.96. The number of quaternary nitrogens is 1. The van der Waals surface area contributed by atoms with E-state index in [2.05, 4.69) is 0 Å². The molecule has 0 saturated carbocycles. The summed E-state index contributed by atoms with van der Waals surface area (Å²) >= 11 is 0. The Bertz CT molecular complexity index is 469. The molecule has 0 bridgehead atoms. The minimum Gasteiger partial charge on any atom is -0.435 e. The summed E-state index contributed by atoms with van der Waals surface area (Å²) in [5, 5.41) is 9.51. The third-order valence-electron chi connectivity index (χ3n) is 2.93. The SMILES string of the molecule is C[N+](C(=O)O)(c1ccccc1)c1ccccc1. The Morgan fingerprint density at radius 3 is 1.53 bits per heavy atom. The normalized spacial score (nSPS) is 11.1. The van der Waals surface area contributed by atoms with Gasteiger partial charge in [-0.3, -0.25) is 0 Å². The van der Waals surface area contributed by atoms with E-state index in [0.717, 1.165) is 11.4 Å². The molecule has 0 aromatic heterocycles. The van der Waals surface area contributed by atoms with Crippen LogP contribution in [0.15, 0.2) is 60.7 Å². The monoisotopic (exact) mass is 228 g/mol. The summed E-state index contributed by atoms with van der Waals surface area (Å²) in [6, 6.07) is 18.4. The van der Waals surface area contributed by atoms with E-state index in [9.17, 15) is 9.90 Å². The minimum absolute atomic E-state index is 0.248. The molecule has 0 saturated heterocycles. The first-order valence-corrected chi connectivity index (χ1v) is 5.37. The highest BCUT2D eigenvalue weighted by molar-refractivity contribution is 5.88. The van der Waals surface area contributed by atoms with Crippen LogP contribution in [-0.2, 0) is 0 Å². The van der Waals surface area contributed by atoms with Crippen LogP contribution in [0.2, 0.25) is 0 Å². The zero-order valence-electron chi connectivity index (χ0n) is 9.58. The third-order valence-corrected chi connectivity index (χ3v) is 2.93. The molecular weight excluding hydrogens is 214 g/mol. The zero-order valence-corrected chi connectivity index (χ0v) is 9.58. The van der Waals surface area contributed by atoms with Gasteiger partial charge in [-0.1, -0.05) is 36.4 Å². The predicted octanol–water partition coefficient (Wildman–Crippen LogP) is 3.63. The van der Waals surface area contributed by atoms with Gasteiger partial charge in [-0.15, -0.1) is 0 Å². The maximum Gasteiger partial charge on any atom is 0.523 e. The molecule has 2 aromatic rings. The molecule has 0 fully saturated rings. The van der Waals surface area contributed by atoms with Gasteiger partial charge in [0.2, 0.25) is 0 Å². The first kappa shape index (κ1) is 11.4. The lowest BCUT2D eigenvalue weighted by Crippen LogP contribution is -2.44. The van der Waals surface area contributed by atoms with Gasteiger partial charge in [-0.05, 0) is 0 Å². The Morgan fingerprint density at radius 2 is 1.24 bits per heavy atom. The number of rotatable bonds is 2. The minimum atomic E-state index is -0.901. The summed E-state index contributed by atoms with van der Waals surface area (Å²) in [4.78, 5) is 11.6. The van der Waals surface area contributed by atoms with E-state index in [1.54, 1.807) is 7.05 Å². The maximum atomic E-state index is 11.6. The summed E-state index contributed by atoms with van der Waals surface area (Å²) < 4.78 is -0.248. The van der Waals surface area contributed by atoms with Crippen molar-refractivity contribution in [1.29, 1.82) is 0 Å². The van der Waals surface area contributed by atoms with E-state index < -0.39 is 6.09 Å². The van der Waals surface area contributed by atoms with Crippen LogP contribution in [-0.4, -0.2) is 18.2 Å². The van der Waals surface area contributed by atoms with Crippen molar-refractivity contribution in [2.45, 2.75) is 0 Å². The van der Waals surface area contributed by atoms with Crippen molar-refractivity contribution >= 4 is 17.5 Å². The van der Waals surface area contributed by atoms with Gasteiger partial charge in [0.1, 0.15) is 11.4 Å². The van der Waals surface area contributed by atoms with Gasteiger partial charge in [-0.2, -0.15) is 9.28 Å². The number of nitrogens with zero attached hydrogens (tertiary/aromatic N) is 1. The van der Waals surface area contributed by atoms with Crippen LogP contribution in [0.5, 0.6) is 0 Å². The smallest absolute Gasteiger partial charge is 0.435 e. The summed E-state index contributed by atoms with van der Waals surface area (Å²) in [7, 11) is 1.67. The van der Waals surface area contributed by atoms with Crippen LogP contribution in [0.1, 0.15) is 0 Å². The summed E-state index contributed by atoms with van der Waals surface area (Å²) in [6.07, 6.45) is -0.901. The van der Waals surface area contributed by atoms with Crippen LogP contribution in [0.3, 0.4) is 0 Å². The molecular formula is C14H14NO2+. The molecule has 2 aromatic carbocycles. The van der Waals surface area contributed by atoms with Gasteiger partial charge in [0.05, 0.1) is 7.05 Å². The Kier molecular flexibility index (Phi) is 2.93. The van der Waals surface area contributed by atoms with E-state index >= 15 is 0 Å². The number of hydrogen-bond acceptors (Lipinski definition) is 1. The number of hydrogen-bond donors (Lipinski definition) is 1. The van der Waals surface area contributed by atoms with Crippen LogP contribution in [0.25, 0.3) is 0 Å². The number of benzene rings is 2. The van der Waals surface area contributed by atoms with Gasteiger partial charge in [-0.25, -0.2) is 0 Å². The lowest BCUT2D eigenvalue weighted by Gasteiger charge is -2.26.